The molecule has 1 aromatic carbocycles. The Morgan fingerprint density at radius 1 is 1.38 bits per heavy atom. The van der Waals surface area contributed by atoms with Gasteiger partial charge in [0.05, 0.1) is 18.0 Å². The summed E-state index contributed by atoms with van der Waals surface area (Å²) in [5.74, 6) is 2.65. The zero-order valence-corrected chi connectivity index (χ0v) is 14.2. The molecule has 2 heterocycles. The van der Waals surface area contributed by atoms with Crippen LogP contribution in [0.15, 0.2) is 42.7 Å². The van der Waals surface area contributed by atoms with Crippen LogP contribution in [0.2, 0.25) is 0 Å². The van der Waals surface area contributed by atoms with Crippen molar-refractivity contribution in [2.45, 2.75) is 25.3 Å². The highest BCUT2D eigenvalue weighted by Gasteiger charge is 2.21. The van der Waals surface area contributed by atoms with E-state index in [0.717, 1.165) is 30.0 Å². The summed E-state index contributed by atoms with van der Waals surface area (Å²) in [5.41, 5.74) is 1.63. The van der Waals surface area contributed by atoms with E-state index in [1.807, 2.05) is 42.1 Å². The van der Waals surface area contributed by atoms with E-state index in [2.05, 4.69) is 16.5 Å². The highest BCUT2D eigenvalue weighted by molar-refractivity contribution is 7.99. The van der Waals surface area contributed by atoms with Crippen molar-refractivity contribution in [3.63, 3.8) is 0 Å². The summed E-state index contributed by atoms with van der Waals surface area (Å²) in [4.78, 5) is 12.2. The normalized spacial score (nSPS) is 16.3. The zero-order valence-electron chi connectivity index (χ0n) is 13.4. The summed E-state index contributed by atoms with van der Waals surface area (Å²) in [7, 11) is 0. The van der Waals surface area contributed by atoms with E-state index in [1.165, 1.54) is 0 Å². The molecule has 0 spiro atoms. The molecule has 6 heteroatoms. The summed E-state index contributed by atoms with van der Waals surface area (Å²) >= 11 is 1.95. The van der Waals surface area contributed by atoms with Gasteiger partial charge in [0.15, 0.2) is 0 Å². The first-order valence-corrected chi connectivity index (χ1v) is 9.28. The first kappa shape index (κ1) is 16.6. The summed E-state index contributed by atoms with van der Waals surface area (Å²) in [6.45, 7) is 0. The number of amides is 1. The third-order valence-electron chi connectivity index (χ3n) is 4.21. The second kappa shape index (κ2) is 8.02. The maximum absolute atomic E-state index is 12.2. The molecule has 5 nitrogen and oxygen atoms in total. The summed E-state index contributed by atoms with van der Waals surface area (Å²) in [6, 6.07) is 11.2. The Bertz CT molecular complexity index is 716. The van der Waals surface area contributed by atoms with Gasteiger partial charge in [-0.15, -0.1) is 0 Å². The molecule has 0 saturated carbocycles. The Morgan fingerprint density at radius 3 is 2.83 bits per heavy atom. The van der Waals surface area contributed by atoms with Gasteiger partial charge < -0.3 is 5.32 Å². The maximum atomic E-state index is 12.2. The van der Waals surface area contributed by atoms with Crippen molar-refractivity contribution in [2.75, 3.05) is 11.5 Å². The Balaban J connectivity index is 1.63. The molecule has 124 valence electrons. The number of nitriles is 1. The van der Waals surface area contributed by atoms with E-state index < -0.39 is 6.04 Å². The van der Waals surface area contributed by atoms with Gasteiger partial charge in [-0.05, 0) is 42.4 Å². The number of rotatable bonds is 5. The fourth-order valence-electron chi connectivity index (χ4n) is 2.83. The second-order valence-electron chi connectivity index (χ2n) is 5.94. The van der Waals surface area contributed by atoms with Crippen LogP contribution in [0.4, 0.5) is 0 Å². The topological polar surface area (TPSA) is 70.7 Å². The van der Waals surface area contributed by atoms with Crippen LogP contribution < -0.4 is 5.32 Å². The van der Waals surface area contributed by atoms with Crippen LogP contribution in [0.3, 0.4) is 0 Å². The van der Waals surface area contributed by atoms with Crippen LogP contribution in [-0.4, -0.2) is 27.2 Å². The first-order chi connectivity index (χ1) is 11.8. The van der Waals surface area contributed by atoms with Crippen molar-refractivity contribution < 1.29 is 4.79 Å². The average Bonchev–Trinajstić information content (AvgIpc) is 3.11. The Morgan fingerprint density at radius 2 is 2.12 bits per heavy atom. The van der Waals surface area contributed by atoms with Crippen LogP contribution in [0.1, 0.15) is 30.9 Å². The van der Waals surface area contributed by atoms with Crippen molar-refractivity contribution in [3.8, 4) is 11.8 Å². The lowest BCUT2D eigenvalue weighted by atomic mass is 9.98. The molecule has 0 unspecified atom stereocenters. The molecule has 24 heavy (non-hydrogen) atoms. The molecule has 2 aromatic rings. The highest BCUT2D eigenvalue weighted by Crippen LogP contribution is 2.25. The van der Waals surface area contributed by atoms with Gasteiger partial charge >= 0.3 is 0 Å². The van der Waals surface area contributed by atoms with Crippen LogP contribution in [0, 0.1) is 17.2 Å². The molecule has 1 N–H and O–H groups in total. The Kier molecular flexibility index (Phi) is 5.55. The van der Waals surface area contributed by atoms with Gasteiger partial charge in [0.2, 0.25) is 5.91 Å². The smallest absolute Gasteiger partial charge is 0.221 e. The molecule has 0 aliphatic carbocycles. The van der Waals surface area contributed by atoms with Gasteiger partial charge in [-0.25, -0.2) is 4.68 Å². The van der Waals surface area contributed by atoms with Crippen LogP contribution in [-0.2, 0) is 4.79 Å². The SMILES string of the molecule is N#C[C@H](NC(=O)CC1CCSCC1)c1cnn(-c2ccccc2)c1. The van der Waals surface area contributed by atoms with Crippen molar-refractivity contribution in [1.29, 1.82) is 5.26 Å². The quantitative estimate of drug-likeness (QED) is 0.908. The van der Waals surface area contributed by atoms with E-state index in [0.29, 0.717) is 17.9 Å². The van der Waals surface area contributed by atoms with Crippen LogP contribution >= 0.6 is 11.8 Å². The van der Waals surface area contributed by atoms with E-state index in [1.54, 1.807) is 17.1 Å². The number of nitrogens with zero attached hydrogens (tertiary/aromatic N) is 3. The van der Waals surface area contributed by atoms with E-state index in [-0.39, 0.29) is 5.91 Å². The van der Waals surface area contributed by atoms with Gasteiger partial charge in [-0.2, -0.15) is 22.1 Å². The van der Waals surface area contributed by atoms with Crippen LogP contribution in [0.25, 0.3) is 5.69 Å². The van der Waals surface area contributed by atoms with E-state index in [9.17, 15) is 10.1 Å². The van der Waals surface area contributed by atoms with Gasteiger partial charge in [0, 0.05) is 18.2 Å². The molecule has 1 aliphatic heterocycles. The van der Waals surface area contributed by atoms with E-state index in [4.69, 9.17) is 0 Å². The summed E-state index contributed by atoms with van der Waals surface area (Å²) in [6.07, 6.45) is 6.10. The fraction of sp³-hybridized carbons (Fsp3) is 0.389. The number of thioether (sulfide) groups is 1. The third-order valence-corrected chi connectivity index (χ3v) is 5.25. The molecule has 0 radical (unpaired) electrons. The third kappa shape index (κ3) is 4.18. The van der Waals surface area contributed by atoms with E-state index >= 15 is 0 Å². The highest BCUT2D eigenvalue weighted by atomic mass is 32.2. The fourth-order valence-corrected chi connectivity index (χ4v) is 4.03. The first-order valence-electron chi connectivity index (χ1n) is 8.13. The van der Waals surface area contributed by atoms with Gasteiger partial charge in [-0.1, -0.05) is 18.2 Å². The monoisotopic (exact) mass is 340 g/mol. The van der Waals surface area contributed by atoms with Crippen molar-refractivity contribution in [1.82, 2.24) is 15.1 Å². The van der Waals surface area contributed by atoms with Crippen molar-refractivity contribution in [2.24, 2.45) is 5.92 Å². The molecule has 1 aromatic heterocycles. The molecule has 1 amide bonds. The van der Waals surface area contributed by atoms with Crippen molar-refractivity contribution >= 4 is 17.7 Å². The second-order valence-corrected chi connectivity index (χ2v) is 7.17. The lowest BCUT2D eigenvalue weighted by Gasteiger charge is -2.21. The summed E-state index contributed by atoms with van der Waals surface area (Å²) in [5, 5.41) is 16.5. The largest absolute Gasteiger partial charge is 0.337 e. The lowest BCUT2D eigenvalue weighted by molar-refractivity contribution is -0.122. The minimum atomic E-state index is -0.659. The minimum Gasteiger partial charge on any atom is -0.337 e. The number of carbonyl (C=O) groups excluding carboxylic acids is 1. The van der Waals surface area contributed by atoms with Crippen molar-refractivity contribution in [3.05, 3.63) is 48.3 Å². The Labute approximate surface area is 146 Å². The molecular weight excluding hydrogens is 320 g/mol. The molecule has 1 fully saturated rings. The molecule has 1 aliphatic rings. The standard InChI is InChI=1S/C18H20N4OS/c19-11-17(21-18(23)10-14-6-8-24-9-7-14)15-12-20-22(13-15)16-4-2-1-3-5-16/h1-5,12-14,17H,6-10H2,(H,21,23)/t17-/m0/s1. The van der Waals surface area contributed by atoms with Gasteiger partial charge in [-0.3, -0.25) is 4.79 Å². The zero-order chi connectivity index (χ0) is 16.8. The Hall–Kier alpha value is -2.26. The van der Waals surface area contributed by atoms with Gasteiger partial charge in [0.1, 0.15) is 6.04 Å². The molecular formula is C18H20N4OS. The van der Waals surface area contributed by atoms with Gasteiger partial charge in [0.25, 0.3) is 0 Å². The number of benzene rings is 1. The number of carbonyl (C=O) groups is 1. The number of para-hydroxylation sites is 1. The predicted octanol–water partition coefficient (Wildman–Crippen LogP) is 3.09. The number of nitrogens with one attached hydrogen (secondary N) is 1. The summed E-state index contributed by atoms with van der Waals surface area (Å²) < 4.78 is 1.71. The number of aromatic nitrogens is 2. The minimum absolute atomic E-state index is 0.0501. The predicted molar refractivity (Wildman–Crippen MR) is 94.7 cm³/mol. The molecule has 0 bridgehead atoms. The van der Waals surface area contributed by atoms with Crippen LogP contribution in [0.5, 0.6) is 0 Å². The lowest BCUT2D eigenvalue weighted by Crippen LogP contribution is -2.29. The molecule has 3 rings (SSSR count). The average molecular weight is 340 g/mol. The number of hydrogen-bond acceptors (Lipinski definition) is 4. The molecule has 1 atom stereocenters. The number of hydrogen-bond donors (Lipinski definition) is 1. The molecule has 1 saturated heterocycles. The maximum Gasteiger partial charge on any atom is 0.221 e.